The van der Waals surface area contributed by atoms with Crippen molar-refractivity contribution in [3.05, 3.63) is 0 Å². The number of rotatable bonds is 31. The lowest BCUT2D eigenvalue weighted by Crippen LogP contribution is -2.17. The van der Waals surface area contributed by atoms with Gasteiger partial charge in [-0.05, 0) is 13.3 Å². The van der Waals surface area contributed by atoms with Crippen LogP contribution < -0.4 is 0 Å². The van der Waals surface area contributed by atoms with Crippen molar-refractivity contribution in [3.8, 4) is 0 Å². The number of hydrogen-bond donors (Lipinski definition) is 1. The third-order valence-electron chi connectivity index (χ3n) is 7.89. The Bertz CT molecular complexity index is 440. The van der Waals surface area contributed by atoms with Gasteiger partial charge in [0.15, 0.2) is 0 Å². The van der Waals surface area contributed by atoms with E-state index in [9.17, 15) is 4.79 Å². The fourth-order valence-electron chi connectivity index (χ4n) is 5.36. The van der Waals surface area contributed by atoms with Gasteiger partial charge in [-0.3, -0.25) is 4.79 Å². The van der Waals surface area contributed by atoms with Gasteiger partial charge in [0.1, 0.15) is 0 Å². The highest BCUT2D eigenvalue weighted by Crippen LogP contribution is 2.17. The number of esters is 1. The van der Waals surface area contributed by atoms with Gasteiger partial charge in [-0.15, -0.1) is 0 Å². The van der Waals surface area contributed by atoms with Gasteiger partial charge in [-0.25, -0.2) is 0 Å². The summed E-state index contributed by atoms with van der Waals surface area (Å²) in [5.74, 6) is -0.157. The topological polar surface area (TPSA) is 26.3 Å². The highest BCUT2D eigenvalue weighted by molar-refractivity contribution is 7.81. The average molecular weight is 541 g/mol. The van der Waals surface area contributed by atoms with Crippen molar-refractivity contribution in [2.24, 2.45) is 0 Å². The van der Waals surface area contributed by atoms with Crippen molar-refractivity contribution in [2.45, 2.75) is 205 Å². The largest absolute Gasteiger partial charge is 0.465 e. The standard InChI is InChI=1S/C34H68O2S/c1-3-5-6-7-8-9-10-11-12-13-14-15-16-17-18-19-20-21-22-23-24-25-26-27-28-29-30-31-32-33(37)34(35)36-4-2/h33,37H,3-32H2,1-2H3. The lowest BCUT2D eigenvalue weighted by Gasteiger charge is -2.09. The van der Waals surface area contributed by atoms with Gasteiger partial charge in [0, 0.05) is 0 Å². The second-order valence-corrected chi connectivity index (χ2v) is 12.2. The van der Waals surface area contributed by atoms with Crippen LogP contribution in [0.1, 0.15) is 200 Å². The summed E-state index contributed by atoms with van der Waals surface area (Å²) >= 11 is 4.34. The zero-order valence-electron chi connectivity index (χ0n) is 25.6. The molecule has 0 heterocycles. The van der Waals surface area contributed by atoms with Crippen LogP contribution in [0.5, 0.6) is 0 Å². The molecule has 0 rings (SSSR count). The molecular formula is C34H68O2S. The molecule has 1 unspecified atom stereocenters. The second kappa shape index (κ2) is 32.0. The predicted molar refractivity (Wildman–Crippen MR) is 169 cm³/mol. The summed E-state index contributed by atoms with van der Waals surface area (Å²) in [7, 11) is 0. The highest BCUT2D eigenvalue weighted by atomic mass is 32.1. The Balaban J connectivity index is 3.09. The van der Waals surface area contributed by atoms with Crippen LogP contribution in [0, 0.1) is 0 Å². The average Bonchev–Trinajstić information content (AvgIpc) is 2.90. The first-order valence-electron chi connectivity index (χ1n) is 17.1. The molecule has 0 bridgehead atoms. The van der Waals surface area contributed by atoms with Crippen molar-refractivity contribution in [2.75, 3.05) is 6.61 Å². The summed E-state index contributed by atoms with van der Waals surface area (Å²) in [6, 6.07) is 0. The summed E-state index contributed by atoms with van der Waals surface area (Å²) in [5, 5.41) is -0.232. The van der Waals surface area contributed by atoms with Gasteiger partial charge in [-0.2, -0.15) is 12.6 Å². The monoisotopic (exact) mass is 540 g/mol. The Morgan fingerprint density at radius 3 is 0.946 bits per heavy atom. The number of ether oxygens (including phenoxy) is 1. The minimum Gasteiger partial charge on any atom is -0.465 e. The minimum atomic E-state index is -0.232. The van der Waals surface area contributed by atoms with E-state index in [4.69, 9.17) is 4.74 Å². The molecule has 0 aromatic rings. The molecule has 0 N–H and O–H groups in total. The molecule has 0 saturated carbocycles. The molecule has 0 aliphatic carbocycles. The number of thiol groups is 1. The number of unbranched alkanes of at least 4 members (excludes halogenated alkanes) is 27. The Labute approximate surface area is 239 Å². The molecule has 0 fully saturated rings. The van der Waals surface area contributed by atoms with Gasteiger partial charge < -0.3 is 4.74 Å². The van der Waals surface area contributed by atoms with Crippen LogP contribution in [0.2, 0.25) is 0 Å². The van der Waals surface area contributed by atoms with Crippen LogP contribution in [-0.4, -0.2) is 17.8 Å². The number of hydrogen-bond acceptors (Lipinski definition) is 3. The molecular weight excluding hydrogens is 472 g/mol. The summed E-state index contributed by atoms with van der Waals surface area (Å²) in [6.07, 6.45) is 40.6. The van der Waals surface area contributed by atoms with Crippen molar-refractivity contribution >= 4 is 18.6 Å². The van der Waals surface area contributed by atoms with Crippen molar-refractivity contribution < 1.29 is 9.53 Å². The van der Waals surface area contributed by atoms with E-state index in [2.05, 4.69) is 19.6 Å². The van der Waals surface area contributed by atoms with E-state index in [1.165, 1.54) is 173 Å². The molecule has 0 spiro atoms. The molecule has 0 aromatic heterocycles. The summed E-state index contributed by atoms with van der Waals surface area (Å²) < 4.78 is 5.00. The normalized spacial score (nSPS) is 12.2. The van der Waals surface area contributed by atoms with E-state index in [-0.39, 0.29) is 11.2 Å². The molecule has 0 aliphatic rings. The van der Waals surface area contributed by atoms with Crippen LogP contribution in [0.25, 0.3) is 0 Å². The predicted octanol–water partition coefficient (Wildman–Crippen LogP) is 12.2. The Morgan fingerprint density at radius 1 is 0.459 bits per heavy atom. The van der Waals surface area contributed by atoms with E-state index in [1.807, 2.05) is 6.92 Å². The molecule has 0 radical (unpaired) electrons. The quantitative estimate of drug-likeness (QED) is 0.0537. The molecule has 0 saturated heterocycles. The molecule has 2 nitrogen and oxygen atoms in total. The summed E-state index contributed by atoms with van der Waals surface area (Å²) in [4.78, 5) is 11.5. The second-order valence-electron chi connectivity index (χ2n) is 11.6. The van der Waals surface area contributed by atoms with Gasteiger partial charge in [0.05, 0.1) is 11.9 Å². The first-order chi connectivity index (χ1) is 18.2. The Morgan fingerprint density at radius 2 is 0.703 bits per heavy atom. The van der Waals surface area contributed by atoms with Crippen LogP contribution in [0.15, 0.2) is 0 Å². The summed E-state index contributed by atoms with van der Waals surface area (Å²) in [5.41, 5.74) is 0. The van der Waals surface area contributed by atoms with E-state index < -0.39 is 0 Å². The van der Waals surface area contributed by atoms with E-state index in [0.29, 0.717) is 6.61 Å². The van der Waals surface area contributed by atoms with Crippen LogP contribution in [0.4, 0.5) is 0 Å². The first-order valence-corrected chi connectivity index (χ1v) is 17.6. The SMILES string of the molecule is CCCCCCCCCCCCCCCCCCCCCCCCCCCCCCC(S)C(=O)OCC. The first kappa shape index (κ1) is 36.8. The van der Waals surface area contributed by atoms with Gasteiger partial charge in [0.2, 0.25) is 0 Å². The van der Waals surface area contributed by atoms with Crippen LogP contribution in [-0.2, 0) is 9.53 Å². The van der Waals surface area contributed by atoms with Gasteiger partial charge >= 0.3 is 5.97 Å². The summed E-state index contributed by atoms with van der Waals surface area (Å²) in [6.45, 7) is 4.60. The van der Waals surface area contributed by atoms with Crippen LogP contribution >= 0.6 is 12.6 Å². The van der Waals surface area contributed by atoms with E-state index >= 15 is 0 Å². The molecule has 222 valence electrons. The number of carbonyl (C=O) groups is 1. The Kier molecular flexibility index (Phi) is 31.9. The zero-order valence-corrected chi connectivity index (χ0v) is 26.4. The van der Waals surface area contributed by atoms with Crippen molar-refractivity contribution in [1.29, 1.82) is 0 Å². The third-order valence-corrected chi connectivity index (χ3v) is 8.36. The molecule has 0 aliphatic heterocycles. The Hall–Kier alpha value is -0.180. The minimum absolute atomic E-state index is 0.157. The molecule has 0 aromatic carbocycles. The molecule has 3 heteroatoms. The molecule has 1 atom stereocenters. The fourth-order valence-corrected chi connectivity index (χ4v) is 5.62. The maximum absolute atomic E-state index is 11.5. The highest BCUT2D eigenvalue weighted by Gasteiger charge is 2.13. The fraction of sp³-hybridized carbons (Fsp3) is 0.971. The van der Waals surface area contributed by atoms with Gasteiger partial charge in [-0.1, -0.05) is 187 Å². The maximum Gasteiger partial charge on any atom is 0.318 e. The van der Waals surface area contributed by atoms with Crippen LogP contribution in [0.3, 0.4) is 0 Å². The smallest absolute Gasteiger partial charge is 0.318 e. The zero-order chi connectivity index (χ0) is 27.1. The number of carbonyl (C=O) groups excluding carboxylic acids is 1. The lowest BCUT2D eigenvalue weighted by molar-refractivity contribution is -0.142. The van der Waals surface area contributed by atoms with E-state index in [1.54, 1.807) is 0 Å². The van der Waals surface area contributed by atoms with Crippen molar-refractivity contribution in [1.82, 2.24) is 0 Å². The molecule has 0 amide bonds. The third kappa shape index (κ3) is 30.2. The lowest BCUT2D eigenvalue weighted by atomic mass is 10.0. The maximum atomic E-state index is 11.5. The molecule has 37 heavy (non-hydrogen) atoms. The van der Waals surface area contributed by atoms with Gasteiger partial charge in [0.25, 0.3) is 0 Å². The van der Waals surface area contributed by atoms with Crippen molar-refractivity contribution in [3.63, 3.8) is 0 Å². The van der Waals surface area contributed by atoms with E-state index in [0.717, 1.165) is 12.8 Å².